The Morgan fingerprint density at radius 2 is 0.806 bits per heavy atom. The van der Waals surface area contributed by atoms with Gasteiger partial charge in [0, 0.05) is 12.2 Å². The molecule has 0 amide bonds. The zero-order valence-corrected chi connectivity index (χ0v) is 14.9. The number of ketones is 2. The summed E-state index contributed by atoms with van der Waals surface area (Å²) in [6, 6.07) is 0. The maximum atomic E-state index is 12.5. The number of halogens is 12. The van der Waals surface area contributed by atoms with E-state index in [0.29, 0.717) is 0 Å². The summed E-state index contributed by atoms with van der Waals surface area (Å²) in [7, 11) is 0. The number of allylic oxidation sites excluding steroid dienone is 4. The fraction of sp³-hybridized carbons (Fsp3) is 0.600. The predicted molar refractivity (Wildman–Crippen MR) is 76.2 cm³/mol. The van der Waals surface area contributed by atoms with E-state index in [1.807, 2.05) is 0 Å². The zero-order valence-electron chi connectivity index (χ0n) is 14.9. The molecule has 0 saturated heterocycles. The Hall–Kier alpha value is -2.42. The molecular weight excluding hydrogens is 472 g/mol. The number of hydrogen-bond donors (Lipinski definition) is 0. The van der Waals surface area contributed by atoms with Crippen LogP contribution in [0, 0.1) is 0 Å². The van der Waals surface area contributed by atoms with Crippen molar-refractivity contribution in [3.8, 4) is 0 Å². The second-order valence-corrected chi connectivity index (χ2v) is 5.49. The highest BCUT2D eigenvalue weighted by Gasteiger charge is 2.43. The van der Waals surface area contributed by atoms with Crippen molar-refractivity contribution in [3.63, 3.8) is 0 Å². The molecule has 31 heavy (non-hydrogen) atoms. The number of ether oxygens (including phenoxy) is 2. The molecule has 0 heterocycles. The number of unbranched alkanes of at least 4 members (excludes halogenated alkanes) is 2. The summed E-state index contributed by atoms with van der Waals surface area (Å²) in [6.07, 6.45) is -24.6. The third-order valence-corrected chi connectivity index (χ3v) is 2.95. The van der Waals surface area contributed by atoms with Crippen LogP contribution in [0.4, 0.5) is 52.7 Å². The topological polar surface area (TPSA) is 52.6 Å². The summed E-state index contributed by atoms with van der Waals surface area (Å²) in [5, 5.41) is 0. The average molecular weight is 484 g/mol. The molecule has 0 aliphatic rings. The van der Waals surface area contributed by atoms with Gasteiger partial charge in [-0.15, -0.1) is 0 Å². The highest BCUT2D eigenvalue weighted by Crippen LogP contribution is 2.30. The molecule has 0 unspecified atom stereocenters. The minimum Gasteiger partial charge on any atom is -0.489 e. The maximum absolute atomic E-state index is 12.5. The van der Waals surface area contributed by atoms with E-state index in [1.54, 1.807) is 0 Å². The van der Waals surface area contributed by atoms with Crippen molar-refractivity contribution >= 4 is 11.6 Å². The molecule has 16 heteroatoms. The van der Waals surface area contributed by atoms with Crippen molar-refractivity contribution in [2.75, 3.05) is 13.2 Å². The van der Waals surface area contributed by atoms with Crippen LogP contribution in [0.25, 0.3) is 0 Å². The van der Waals surface area contributed by atoms with Gasteiger partial charge in [0.1, 0.15) is 0 Å². The number of carbonyl (C=O) groups is 2. The Balaban J connectivity index is 4.67. The summed E-state index contributed by atoms with van der Waals surface area (Å²) in [4.78, 5) is 21.2. The van der Waals surface area contributed by atoms with Gasteiger partial charge < -0.3 is 9.47 Å². The molecule has 0 radical (unpaired) electrons. The van der Waals surface area contributed by atoms with Gasteiger partial charge in [0.2, 0.25) is 11.5 Å². The maximum Gasteiger partial charge on any atom is 0.454 e. The van der Waals surface area contributed by atoms with Crippen molar-refractivity contribution in [2.45, 2.75) is 44.0 Å². The largest absolute Gasteiger partial charge is 0.489 e. The molecule has 4 nitrogen and oxygen atoms in total. The van der Waals surface area contributed by atoms with E-state index >= 15 is 0 Å². The second-order valence-electron chi connectivity index (χ2n) is 5.49. The highest BCUT2D eigenvalue weighted by atomic mass is 19.4. The first-order valence-corrected chi connectivity index (χ1v) is 7.82. The molecule has 180 valence electrons. The van der Waals surface area contributed by atoms with Gasteiger partial charge in [-0.3, -0.25) is 9.59 Å². The molecule has 0 aromatic heterocycles. The number of carbonyl (C=O) groups excluding carboxylic acids is 2. The Morgan fingerprint density at radius 3 is 1.03 bits per heavy atom. The van der Waals surface area contributed by atoms with Gasteiger partial charge in [-0.2, -0.15) is 52.7 Å². The van der Waals surface area contributed by atoms with Crippen LogP contribution in [-0.4, -0.2) is 49.5 Å². The second kappa shape index (κ2) is 10.7. The van der Waals surface area contributed by atoms with Crippen molar-refractivity contribution in [2.24, 2.45) is 0 Å². The molecule has 0 bridgehead atoms. The number of rotatable bonds is 10. The highest BCUT2D eigenvalue weighted by molar-refractivity contribution is 5.95. The zero-order chi connectivity index (χ0) is 24.7. The molecule has 0 N–H and O–H groups in total. The molecule has 0 aliphatic heterocycles. The summed E-state index contributed by atoms with van der Waals surface area (Å²) in [6.45, 7) is -1.77. The summed E-state index contributed by atoms with van der Waals surface area (Å²) in [5.74, 6) is -10.1. The minimum atomic E-state index is -5.57. The third kappa shape index (κ3) is 11.5. The van der Waals surface area contributed by atoms with E-state index in [9.17, 15) is 62.3 Å². The van der Waals surface area contributed by atoms with E-state index in [1.165, 1.54) is 0 Å². The lowest BCUT2D eigenvalue weighted by atomic mass is 10.2. The molecule has 0 saturated carbocycles. The van der Waals surface area contributed by atoms with Crippen LogP contribution < -0.4 is 0 Å². The van der Waals surface area contributed by atoms with Crippen LogP contribution in [0.3, 0.4) is 0 Å². The molecule has 0 rings (SSSR count). The van der Waals surface area contributed by atoms with E-state index in [0.717, 1.165) is 0 Å². The monoisotopic (exact) mass is 484 g/mol. The average Bonchev–Trinajstić information content (AvgIpc) is 2.54. The minimum absolute atomic E-state index is 0.225. The van der Waals surface area contributed by atoms with E-state index in [-0.39, 0.29) is 19.3 Å². The van der Waals surface area contributed by atoms with Crippen molar-refractivity contribution in [1.82, 2.24) is 0 Å². The van der Waals surface area contributed by atoms with Crippen LogP contribution in [0.15, 0.2) is 23.7 Å². The van der Waals surface area contributed by atoms with Crippen LogP contribution in [0.2, 0.25) is 0 Å². The van der Waals surface area contributed by atoms with Crippen LogP contribution in [0.5, 0.6) is 0 Å². The first-order valence-electron chi connectivity index (χ1n) is 7.82. The number of alkyl halides is 12. The normalized spacial score (nSPS) is 14.5. The Bertz CT molecular complexity index is 622. The summed E-state index contributed by atoms with van der Waals surface area (Å²) >= 11 is 0. The molecular formula is C15H12F12O4. The first kappa shape index (κ1) is 28.6. The Kier molecular flexibility index (Phi) is 9.91. The Morgan fingerprint density at radius 1 is 0.516 bits per heavy atom. The smallest absolute Gasteiger partial charge is 0.454 e. The first-order chi connectivity index (χ1) is 13.8. The SMILES string of the molecule is O=C(/C=C(\OCCCCCO/C(=C\C(=O)C(F)(F)F)C(F)(F)F)C(F)(F)F)C(F)(F)F. The van der Waals surface area contributed by atoms with Gasteiger partial charge in [-0.1, -0.05) is 0 Å². The van der Waals surface area contributed by atoms with Crippen LogP contribution >= 0.6 is 0 Å². The number of hydrogen-bond acceptors (Lipinski definition) is 4. The van der Waals surface area contributed by atoms with Crippen molar-refractivity contribution < 1.29 is 71.7 Å². The summed E-state index contributed by atoms with van der Waals surface area (Å²) in [5.41, 5.74) is 0. The van der Waals surface area contributed by atoms with E-state index in [2.05, 4.69) is 9.47 Å². The van der Waals surface area contributed by atoms with Crippen molar-refractivity contribution in [3.05, 3.63) is 23.7 Å². The molecule has 0 atom stereocenters. The fourth-order valence-corrected chi connectivity index (χ4v) is 1.56. The van der Waals surface area contributed by atoms with Gasteiger partial charge >= 0.3 is 24.7 Å². The van der Waals surface area contributed by atoms with Crippen LogP contribution in [-0.2, 0) is 19.1 Å². The molecule has 0 aliphatic carbocycles. The van der Waals surface area contributed by atoms with Gasteiger partial charge in [0.05, 0.1) is 13.2 Å². The van der Waals surface area contributed by atoms with Crippen molar-refractivity contribution in [1.29, 1.82) is 0 Å². The summed E-state index contributed by atoms with van der Waals surface area (Å²) < 4.78 is 155. The fourth-order valence-electron chi connectivity index (χ4n) is 1.56. The lowest BCUT2D eigenvalue weighted by molar-refractivity contribution is -0.167. The molecule has 0 aromatic rings. The van der Waals surface area contributed by atoms with E-state index in [4.69, 9.17) is 0 Å². The Labute approximate surface area is 165 Å². The van der Waals surface area contributed by atoms with Gasteiger partial charge in [-0.25, -0.2) is 0 Å². The lowest BCUT2D eigenvalue weighted by Gasteiger charge is -2.15. The van der Waals surface area contributed by atoms with Gasteiger partial charge in [-0.05, 0) is 19.3 Å². The molecule has 0 fully saturated rings. The van der Waals surface area contributed by atoms with E-state index < -0.39 is 73.2 Å². The lowest BCUT2D eigenvalue weighted by Crippen LogP contribution is -2.24. The van der Waals surface area contributed by atoms with Gasteiger partial charge in [0.25, 0.3) is 11.6 Å². The quantitative estimate of drug-likeness (QED) is 0.182. The molecule has 0 spiro atoms. The predicted octanol–water partition coefficient (Wildman–Crippen LogP) is 5.35. The standard InChI is InChI=1S/C15H12F12O4/c16-12(17,18)8(28)6-10(14(22,23)24)30-4-2-1-3-5-31-11(15(25,26)27)7-9(29)13(19,20)21/h6-7H,1-5H2/b10-6-,11-7-. The molecule has 0 aromatic carbocycles. The third-order valence-electron chi connectivity index (χ3n) is 2.95. The van der Waals surface area contributed by atoms with Gasteiger partial charge in [0.15, 0.2) is 0 Å². The van der Waals surface area contributed by atoms with Crippen LogP contribution in [0.1, 0.15) is 19.3 Å².